The first-order valence-corrected chi connectivity index (χ1v) is 44.6. The van der Waals surface area contributed by atoms with Gasteiger partial charge in [-0.15, -0.1) is 0 Å². The van der Waals surface area contributed by atoms with Crippen LogP contribution < -0.4 is 66.3 Å². The van der Waals surface area contributed by atoms with E-state index in [-0.39, 0.29) is 45.7 Å². The Morgan fingerprint density at radius 3 is 0.500 bits per heavy atom. The third kappa shape index (κ3) is 26.0. The van der Waals surface area contributed by atoms with Crippen LogP contribution in [0.5, 0.6) is 80.5 Å². The topological polar surface area (TPSA) is 153 Å². The second-order valence-corrected chi connectivity index (χ2v) is 32.8. The van der Waals surface area contributed by atoms with Crippen LogP contribution in [0.25, 0.3) is 0 Å². The van der Waals surface area contributed by atoms with Crippen LogP contribution in [0.4, 0.5) is 0 Å². The second-order valence-electron chi connectivity index (χ2n) is 32.8. The molecule has 0 spiro atoms. The van der Waals surface area contributed by atoms with Crippen molar-refractivity contribution in [2.75, 3.05) is 13.6 Å². The highest BCUT2D eigenvalue weighted by Crippen LogP contribution is 2.42. The van der Waals surface area contributed by atoms with Gasteiger partial charge in [-0.1, -0.05) is 267 Å². The zero-order valence-corrected chi connectivity index (χ0v) is 73.8. The Labute approximate surface area is 772 Å². The summed E-state index contributed by atoms with van der Waals surface area (Å²) < 4.78 is 91.5. The van der Waals surface area contributed by atoms with E-state index in [9.17, 15) is 5.11 Å². The first-order valence-electron chi connectivity index (χ1n) is 44.6. The van der Waals surface area contributed by atoms with E-state index in [1.54, 1.807) is 0 Å². The molecule has 664 valence electrons. The van der Waals surface area contributed by atoms with E-state index >= 15 is 0 Å². The Bertz CT molecular complexity index is 5790. The molecule has 1 N–H and O–H groups in total. The van der Waals surface area contributed by atoms with Crippen molar-refractivity contribution in [2.45, 2.75) is 117 Å². The molecule has 1 atom stereocenters. The highest BCUT2D eigenvalue weighted by molar-refractivity contribution is 5.49. The van der Waals surface area contributed by atoms with Crippen LogP contribution in [0.3, 0.4) is 0 Å². The van der Waals surface area contributed by atoms with Gasteiger partial charge in [-0.05, 0) is 213 Å². The number of ether oxygens (including phenoxy) is 14. The van der Waals surface area contributed by atoms with E-state index in [1.807, 2.05) is 400 Å². The SMILES string of the molecule is CN1CCC[C@H]1C(O)(c1ccc(OCc2cc(OCc3ccccc3)cc(OCc3cc(OCc4ccccc4)cc(OCc4cc(OCc5ccccc5)cc(OCc5ccccc5)c4)c3)c2)cc1)c1ccc(OCc2cc(OCc3ccccc3)cc(OCc3cc(OCc4ccccc4)cc(OCc4cc(OCc5ccccc5)cc(OCc5ccccc5)c4)c3)c2)cc1. The Balaban J connectivity index is 0.575. The van der Waals surface area contributed by atoms with E-state index in [0.29, 0.717) is 133 Å². The predicted molar refractivity (Wildman–Crippen MR) is 512 cm³/mol. The lowest BCUT2D eigenvalue weighted by Crippen LogP contribution is -2.46. The molecule has 1 saturated heterocycles. The van der Waals surface area contributed by atoms with Crippen LogP contribution >= 0.6 is 0 Å². The van der Waals surface area contributed by atoms with Crippen LogP contribution in [0.15, 0.2) is 400 Å². The first kappa shape index (κ1) is 88.7. The maximum atomic E-state index is 13.4. The normalized spacial score (nSPS) is 12.4. The summed E-state index contributed by atoms with van der Waals surface area (Å²) in [6, 6.07) is 131. The third-order valence-electron chi connectivity index (χ3n) is 22.7. The average Bonchev–Trinajstić information content (AvgIpc) is 1.69. The van der Waals surface area contributed by atoms with E-state index in [2.05, 4.69) is 11.9 Å². The van der Waals surface area contributed by atoms with Gasteiger partial charge in [-0.25, -0.2) is 0 Å². The molecule has 0 radical (unpaired) electrons. The fourth-order valence-corrected chi connectivity index (χ4v) is 15.8. The second kappa shape index (κ2) is 45.1. The van der Waals surface area contributed by atoms with E-state index in [4.69, 9.17) is 66.3 Å². The molecular formula is C116H105NO15. The maximum Gasteiger partial charge on any atom is 0.130 e. The van der Waals surface area contributed by atoms with Gasteiger partial charge in [0.15, 0.2) is 0 Å². The molecule has 1 fully saturated rings. The summed E-state index contributed by atoms with van der Waals surface area (Å²) in [6.07, 6.45) is 1.73. The van der Waals surface area contributed by atoms with Crippen molar-refractivity contribution in [1.29, 1.82) is 0 Å². The van der Waals surface area contributed by atoms with Gasteiger partial charge in [-0.3, -0.25) is 4.90 Å². The number of likely N-dealkylation sites (N-methyl/N-ethyl adjacent to an activating group) is 1. The Morgan fingerprint density at radius 2 is 0.348 bits per heavy atom. The van der Waals surface area contributed by atoms with Crippen LogP contribution in [-0.2, 0) is 98.1 Å². The molecule has 0 amide bonds. The zero-order chi connectivity index (χ0) is 89.6. The van der Waals surface area contributed by atoms with Gasteiger partial charge in [0.05, 0.1) is 0 Å². The van der Waals surface area contributed by atoms with Crippen molar-refractivity contribution in [3.05, 3.63) is 489 Å². The fraction of sp³-hybridized carbons (Fsp3) is 0.172. The standard InChI is InChI=1S/C116H105NO15/c1-117-52-26-43-115(117)116(118,99-44-48-101(49-45-99)119-79-93-53-103(121-71-85-27-10-2-11-28-85)67-111(55-93)129-83-97-61-109(127-77-91-39-22-8-23-40-91)69-113(63-97)131-81-95-57-105(123-73-87-31-14-4-15-32-87)65-106(58-95)124-74-88-33-16-5-17-34-88)100-46-50-102(51-47-100)120-80-94-54-104(122-72-86-29-12-3-13-30-86)68-112(56-94)130-84-98-62-110(128-78-92-41-24-9-25-42-92)70-114(64-98)132-82-96-59-107(125-75-89-35-18-6-19-36-89)66-108(60-96)126-76-90-37-20-7-21-38-90/h2-25,27-42,44-51,53-70,115,118H,26,43,52,71-84H2,1H3/t115-/m0/s1. The highest BCUT2D eigenvalue weighted by atomic mass is 16.5. The van der Waals surface area contributed by atoms with Crippen molar-refractivity contribution in [2.24, 2.45) is 0 Å². The summed E-state index contributed by atoms with van der Waals surface area (Å²) >= 11 is 0. The van der Waals surface area contributed by atoms with Gasteiger partial charge in [-0.2, -0.15) is 0 Å². The Hall–Kier alpha value is -15.4. The van der Waals surface area contributed by atoms with Gasteiger partial charge in [0.2, 0.25) is 0 Å². The number of rotatable bonds is 45. The predicted octanol–water partition coefficient (Wildman–Crippen LogP) is 25.1. The van der Waals surface area contributed by atoms with Gasteiger partial charge >= 0.3 is 0 Å². The highest BCUT2D eigenvalue weighted by Gasteiger charge is 2.44. The molecule has 0 saturated carbocycles. The lowest BCUT2D eigenvalue weighted by Gasteiger charge is -2.39. The van der Waals surface area contributed by atoms with Crippen molar-refractivity contribution in [1.82, 2.24) is 4.90 Å². The summed E-state index contributed by atoms with van der Waals surface area (Å²) in [5.41, 5.74) is 13.4. The smallest absolute Gasteiger partial charge is 0.130 e. The molecular weight excluding hydrogens is 1650 g/mol. The third-order valence-corrected chi connectivity index (χ3v) is 22.7. The molecule has 0 bridgehead atoms. The Kier molecular flexibility index (Phi) is 30.3. The summed E-state index contributed by atoms with van der Waals surface area (Å²) in [4.78, 5) is 2.25. The number of aliphatic hydroxyl groups is 1. The van der Waals surface area contributed by atoms with Gasteiger partial charge in [0.1, 0.15) is 179 Å². The minimum Gasteiger partial charge on any atom is -0.489 e. The zero-order valence-electron chi connectivity index (χ0n) is 73.8. The summed E-state index contributed by atoms with van der Waals surface area (Å²) in [6.45, 7) is 4.92. The van der Waals surface area contributed by atoms with Crippen molar-refractivity contribution < 1.29 is 71.4 Å². The van der Waals surface area contributed by atoms with Crippen molar-refractivity contribution >= 4 is 0 Å². The lowest BCUT2D eigenvalue weighted by molar-refractivity contribution is 0.00461. The molecule has 16 heteroatoms. The molecule has 16 aromatic carbocycles. The summed E-state index contributed by atoms with van der Waals surface area (Å²) in [5, 5.41) is 13.4. The first-order chi connectivity index (χ1) is 65.0. The quantitative estimate of drug-likeness (QED) is 0.0385. The van der Waals surface area contributed by atoms with Crippen LogP contribution in [0, 0.1) is 0 Å². The molecule has 1 heterocycles. The molecule has 1 aliphatic heterocycles. The number of likely N-dealkylation sites (tertiary alicyclic amines) is 1. The molecule has 1 aliphatic rings. The monoisotopic (exact) mass is 1750 g/mol. The minimum absolute atomic E-state index is 0.168. The average molecular weight is 1750 g/mol. The Morgan fingerprint density at radius 1 is 0.197 bits per heavy atom. The summed E-state index contributed by atoms with van der Waals surface area (Å²) in [7, 11) is 2.08. The molecule has 17 rings (SSSR count). The fourth-order valence-electron chi connectivity index (χ4n) is 15.8. The van der Waals surface area contributed by atoms with Crippen molar-refractivity contribution in [3.63, 3.8) is 0 Å². The number of hydrogen-bond donors (Lipinski definition) is 1. The van der Waals surface area contributed by atoms with E-state index in [1.165, 1.54) is 0 Å². The van der Waals surface area contributed by atoms with Gasteiger partial charge in [0.25, 0.3) is 0 Å². The molecule has 0 aliphatic carbocycles. The molecule has 16 aromatic rings. The van der Waals surface area contributed by atoms with Gasteiger partial charge < -0.3 is 71.4 Å². The number of hydrogen-bond acceptors (Lipinski definition) is 16. The molecule has 0 aromatic heterocycles. The van der Waals surface area contributed by atoms with E-state index in [0.717, 1.165) is 108 Å². The van der Waals surface area contributed by atoms with Crippen LogP contribution in [-0.4, -0.2) is 29.6 Å². The lowest BCUT2D eigenvalue weighted by atomic mass is 9.79. The summed E-state index contributed by atoms with van der Waals surface area (Å²) in [5.74, 6) is 8.67. The largest absolute Gasteiger partial charge is 0.489 e. The van der Waals surface area contributed by atoms with Crippen molar-refractivity contribution in [3.8, 4) is 80.5 Å². The minimum atomic E-state index is -1.41. The molecule has 132 heavy (non-hydrogen) atoms. The maximum absolute atomic E-state index is 13.4. The van der Waals surface area contributed by atoms with Crippen LogP contribution in [0.2, 0.25) is 0 Å². The van der Waals surface area contributed by atoms with E-state index < -0.39 is 5.60 Å². The number of nitrogens with zero attached hydrogens (tertiary/aromatic N) is 1. The van der Waals surface area contributed by atoms with Crippen LogP contribution in [0.1, 0.15) is 102 Å². The number of benzene rings is 16. The van der Waals surface area contributed by atoms with Gasteiger partial charge in [0, 0.05) is 42.4 Å². The molecule has 16 nitrogen and oxygen atoms in total. The molecule has 0 unspecified atom stereocenters.